The Kier molecular flexibility index (Phi) is 3.84. The van der Waals surface area contributed by atoms with Crippen LogP contribution in [0.1, 0.15) is 16.8 Å². The Bertz CT molecular complexity index is 1340. The fourth-order valence-corrected chi connectivity index (χ4v) is 3.65. The number of fused-ring (bicyclic) bond motifs is 2. The maximum absolute atomic E-state index is 12.4. The van der Waals surface area contributed by atoms with Crippen LogP contribution in [-0.4, -0.2) is 19.4 Å². The molecule has 138 valence electrons. The minimum Gasteiger partial charge on any atom is -0.346 e. The first kappa shape index (κ1) is 16.5. The summed E-state index contributed by atoms with van der Waals surface area (Å²) in [6, 6.07) is 14.1. The second kappa shape index (κ2) is 6.51. The van der Waals surface area contributed by atoms with Crippen molar-refractivity contribution >= 4 is 16.6 Å². The first-order chi connectivity index (χ1) is 13.7. The molecule has 5 aromatic rings. The number of hydrogen-bond acceptors (Lipinski definition) is 3. The molecule has 0 aliphatic carbocycles. The Morgan fingerprint density at radius 1 is 1.04 bits per heavy atom. The number of nitrogens with one attached hydrogen (secondary N) is 2. The van der Waals surface area contributed by atoms with Crippen molar-refractivity contribution in [3.63, 3.8) is 0 Å². The highest BCUT2D eigenvalue weighted by atomic mass is 16.1. The number of nitrogens with zero attached hydrogens (tertiary/aromatic N) is 2. The average Bonchev–Trinajstić information content (AvgIpc) is 3.35. The van der Waals surface area contributed by atoms with Crippen LogP contribution in [0.3, 0.4) is 0 Å². The van der Waals surface area contributed by atoms with Gasteiger partial charge in [0.25, 0.3) is 5.56 Å². The summed E-state index contributed by atoms with van der Waals surface area (Å²) in [7, 11) is 0. The van der Waals surface area contributed by atoms with Crippen molar-refractivity contribution < 1.29 is 0 Å². The number of hydrogen-bond donors (Lipinski definition) is 3. The number of rotatable bonds is 4. The number of H-pyrrole nitrogens is 2. The fraction of sp³-hybridized carbons (Fsp3) is 0.0909. The lowest BCUT2D eigenvalue weighted by Crippen LogP contribution is -2.11. The van der Waals surface area contributed by atoms with Gasteiger partial charge in [0.05, 0.1) is 0 Å². The average molecular weight is 369 g/mol. The van der Waals surface area contributed by atoms with E-state index in [1.54, 1.807) is 12.4 Å². The van der Waals surface area contributed by atoms with Crippen LogP contribution in [0.4, 0.5) is 0 Å². The van der Waals surface area contributed by atoms with Crippen molar-refractivity contribution in [1.82, 2.24) is 19.4 Å². The molecule has 0 aliphatic heterocycles. The molecule has 4 N–H and O–H groups in total. The van der Waals surface area contributed by atoms with Crippen molar-refractivity contribution in [3.8, 4) is 11.1 Å². The van der Waals surface area contributed by atoms with E-state index in [0.717, 1.165) is 39.0 Å². The van der Waals surface area contributed by atoms with E-state index in [4.69, 9.17) is 5.73 Å². The SMILES string of the molecule is NCc1ccc(Cc2c[nH]c(=O)c3cc(-c4c[nH]c5ncccc45)cn23)cc1. The van der Waals surface area contributed by atoms with Gasteiger partial charge in [-0.25, -0.2) is 4.98 Å². The highest BCUT2D eigenvalue weighted by Crippen LogP contribution is 2.29. The molecule has 1 aromatic carbocycles. The van der Waals surface area contributed by atoms with E-state index in [9.17, 15) is 4.79 Å². The summed E-state index contributed by atoms with van der Waals surface area (Å²) in [5.74, 6) is 0. The van der Waals surface area contributed by atoms with Gasteiger partial charge in [0.15, 0.2) is 0 Å². The molecule has 28 heavy (non-hydrogen) atoms. The topological polar surface area (TPSA) is 92.0 Å². The summed E-state index contributed by atoms with van der Waals surface area (Å²) >= 11 is 0. The van der Waals surface area contributed by atoms with Gasteiger partial charge in [0.1, 0.15) is 11.2 Å². The largest absolute Gasteiger partial charge is 0.346 e. The molecule has 4 aromatic heterocycles. The molecule has 0 fully saturated rings. The third kappa shape index (κ3) is 2.71. The van der Waals surface area contributed by atoms with Crippen molar-refractivity contribution in [2.24, 2.45) is 5.73 Å². The lowest BCUT2D eigenvalue weighted by molar-refractivity contribution is 0.967. The van der Waals surface area contributed by atoms with Crippen molar-refractivity contribution in [2.45, 2.75) is 13.0 Å². The van der Waals surface area contributed by atoms with E-state index < -0.39 is 0 Å². The molecule has 0 saturated heterocycles. The number of pyridine rings is 1. The Hall–Kier alpha value is -3.64. The van der Waals surface area contributed by atoms with E-state index in [1.807, 2.05) is 47.1 Å². The second-order valence-corrected chi connectivity index (χ2v) is 6.89. The van der Waals surface area contributed by atoms with Gasteiger partial charge in [-0.3, -0.25) is 4.79 Å². The maximum Gasteiger partial charge on any atom is 0.272 e. The summed E-state index contributed by atoms with van der Waals surface area (Å²) in [6.45, 7) is 0.531. The molecule has 6 heteroatoms. The zero-order chi connectivity index (χ0) is 19.1. The fourth-order valence-electron chi connectivity index (χ4n) is 3.65. The van der Waals surface area contributed by atoms with Gasteiger partial charge in [0.2, 0.25) is 0 Å². The van der Waals surface area contributed by atoms with E-state index >= 15 is 0 Å². The molecule has 0 unspecified atom stereocenters. The maximum atomic E-state index is 12.4. The zero-order valence-electron chi connectivity index (χ0n) is 15.1. The van der Waals surface area contributed by atoms with Gasteiger partial charge < -0.3 is 20.1 Å². The van der Waals surface area contributed by atoms with Crippen LogP contribution in [0, 0.1) is 0 Å². The molecule has 0 saturated carbocycles. The summed E-state index contributed by atoms with van der Waals surface area (Å²) in [6.07, 6.45) is 8.21. The Balaban J connectivity index is 1.61. The van der Waals surface area contributed by atoms with Crippen LogP contribution in [0.25, 0.3) is 27.7 Å². The first-order valence-corrected chi connectivity index (χ1v) is 9.16. The highest BCUT2D eigenvalue weighted by molar-refractivity contribution is 5.94. The van der Waals surface area contributed by atoms with Gasteiger partial charge >= 0.3 is 0 Å². The quantitative estimate of drug-likeness (QED) is 0.454. The van der Waals surface area contributed by atoms with E-state index in [2.05, 4.69) is 27.1 Å². The zero-order valence-corrected chi connectivity index (χ0v) is 15.1. The lowest BCUT2D eigenvalue weighted by atomic mass is 10.1. The molecule has 0 bridgehead atoms. The molecule has 6 nitrogen and oxygen atoms in total. The smallest absolute Gasteiger partial charge is 0.272 e. The van der Waals surface area contributed by atoms with Gasteiger partial charge in [-0.15, -0.1) is 0 Å². The van der Waals surface area contributed by atoms with Crippen LogP contribution in [0.2, 0.25) is 0 Å². The third-order valence-electron chi connectivity index (χ3n) is 5.14. The van der Waals surface area contributed by atoms with Crippen molar-refractivity contribution in [3.05, 3.63) is 94.4 Å². The summed E-state index contributed by atoms with van der Waals surface area (Å²) < 4.78 is 1.97. The van der Waals surface area contributed by atoms with Gasteiger partial charge in [-0.05, 0) is 29.3 Å². The Morgan fingerprint density at radius 2 is 1.86 bits per heavy atom. The van der Waals surface area contributed by atoms with E-state index in [-0.39, 0.29) is 5.56 Å². The standard InChI is InChI=1S/C22H19N5O/c23-10-15-5-3-14(4-6-15)8-17-11-26-22(28)20-9-16(13-27(17)20)19-12-25-21-18(19)2-1-7-24-21/h1-7,9,11-13H,8,10,23H2,(H,24,25)(H,26,28). The monoisotopic (exact) mass is 369 g/mol. The molecule has 0 amide bonds. The summed E-state index contributed by atoms with van der Waals surface area (Å²) in [5, 5.41) is 1.04. The van der Waals surface area contributed by atoms with Gasteiger partial charge in [0, 0.05) is 60.0 Å². The molecule has 0 aliphatic rings. The normalized spacial score (nSPS) is 11.5. The predicted molar refractivity (Wildman–Crippen MR) is 110 cm³/mol. The number of nitrogens with two attached hydrogens (primary N) is 1. The highest BCUT2D eigenvalue weighted by Gasteiger charge is 2.12. The number of aromatic amines is 2. The Morgan fingerprint density at radius 3 is 2.68 bits per heavy atom. The first-order valence-electron chi connectivity index (χ1n) is 9.16. The molecule has 0 spiro atoms. The van der Waals surface area contributed by atoms with Crippen molar-refractivity contribution in [2.75, 3.05) is 0 Å². The third-order valence-corrected chi connectivity index (χ3v) is 5.14. The summed E-state index contributed by atoms with van der Waals surface area (Å²) in [5.41, 5.74) is 12.3. The lowest BCUT2D eigenvalue weighted by Gasteiger charge is -2.06. The Labute approximate surface area is 160 Å². The van der Waals surface area contributed by atoms with Crippen LogP contribution >= 0.6 is 0 Å². The minimum absolute atomic E-state index is 0.105. The molecular formula is C22H19N5O. The molecule has 0 radical (unpaired) electrons. The van der Waals surface area contributed by atoms with Crippen LogP contribution in [-0.2, 0) is 13.0 Å². The predicted octanol–water partition coefficient (Wildman–Crippen LogP) is 3.22. The second-order valence-electron chi connectivity index (χ2n) is 6.89. The van der Waals surface area contributed by atoms with Crippen molar-refractivity contribution in [1.29, 1.82) is 0 Å². The minimum atomic E-state index is -0.105. The molecule has 0 atom stereocenters. The van der Waals surface area contributed by atoms with E-state index in [0.29, 0.717) is 18.5 Å². The van der Waals surface area contributed by atoms with Crippen LogP contribution in [0.15, 0.2) is 72.0 Å². The number of benzene rings is 1. The van der Waals surface area contributed by atoms with E-state index in [1.165, 1.54) is 0 Å². The molecule has 4 heterocycles. The van der Waals surface area contributed by atoms with Gasteiger partial charge in [-0.2, -0.15) is 0 Å². The summed E-state index contributed by atoms with van der Waals surface area (Å²) in [4.78, 5) is 22.8. The van der Waals surface area contributed by atoms with Crippen LogP contribution in [0.5, 0.6) is 0 Å². The molecule has 5 rings (SSSR count). The van der Waals surface area contributed by atoms with Crippen LogP contribution < -0.4 is 11.3 Å². The van der Waals surface area contributed by atoms with Gasteiger partial charge in [-0.1, -0.05) is 24.3 Å². The number of aromatic nitrogens is 4. The molecular weight excluding hydrogens is 350 g/mol.